The van der Waals surface area contributed by atoms with E-state index in [1.54, 1.807) is 0 Å². The van der Waals surface area contributed by atoms with Gasteiger partial charge >= 0.3 is 0 Å². The number of nitrogens with one attached hydrogen (secondary N) is 1. The first kappa shape index (κ1) is 12.6. The third-order valence-corrected chi connectivity index (χ3v) is 4.33. The average Bonchev–Trinajstić information content (AvgIpc) is 2.41. The van der Waals surface area contributed by atoms with Crippen molar-refractivity contribution in [1.82, 2.24) is 5.32 Å². The first-order valence-corrected chi connectivity index (χ1v) is 6.64. The van der Waals surface area contributed by atoms with Crippen LogP contribution in [0.3, 0.4) is 0 Å². The Balaban J connectivity index is 1.98. The van der Waals surface area contributed by atoms with Crippen molar-refractivity contribution in [2.45, 2.75) is 43.6 Å². The predicted octanol–water partition coefficient (Wildman–Crippen LogP) is 2.68. The van der Waals surface area contributed by atoms with E-state index in [1.165, 1.54) is 31.2 Å². The molecule has 1 aliphatic carbocycles. The molecule has 0 bridgehead atoms. The second-order valence-electron chi connectivity index (χ2n) is 5.19. The van der Waals surface area contributed by atoms with Crippen molar-refractivity contribution in [1.29, 1.82) is 0 Å². The summed E-state index contributed by atoms with van der Waals surface area (Å²) < 4.78 is 0. The molecule has 2 nitrogen and oxygen atoms in total. The summed E-state index contributed by atoms with van der Waals surface area (Å²) in [5.41, 5.74) is 1.65. The molecule has 2 rings (SSSR count). The van der Waals surface area contributed by atoms with Crippen molar-refractivity contribution in [2.75, 3.05) is 13.7 Å². The summed E-state index contributed by atoms with van der Waals surface area (Å²) in [5, 5.41) is 12.6. The largest absolute Gasteiger partial charge is 0.396 e. The molecule has 0 saturated heterocycles. The van der Waals surface area contributed by atoms with Crippen LogP contribution in [0.2, 0.25) is 0 Å². The maximum atomic E-state index is 9.16. The lowest BCUT2D eigenvalue weighted by Crippen LogP contribution is -2.46. The molecule has 0 aliphatic heterocycles. The highest BCUT2D eigenvalue weighted by Crippen LogP contribution is 2.39. The van der Waals surface area contributed by atoms with Crippen molar-refractivity contribution in [3.05, 3.63) is 35.9 Å². The Kier molecular flexibility index (Phi) is 4.19. The van der Waals surface area contributed by atoms with Gasteiger partial charge in [0, 0.05) is 12.1 Å². The molecule has 0 heterocycles. The van der Waals surface area contributed by atoms with Crippen LogP contribution in [0.15, 0.2) is 30.3 Å². The van der Waals surface area contributed by atoms with E-state index in [4.69, 9.17) is 5.11 Å². The van der Waals surface area contributed by atoms with Gasteiger partial charge in [0.1, 0.15) is 0 Å². The van der Waals surface area contributed by atoms with Crippen LogP contribution < -0.4 is 5.32 Å². The standard InChI is InChI=1S/C15H23NO/c1-16-15(11-12-17)9-7-14(8-10-15)13-5-3-2-4-6-13/h2-6,14,16-17H,7-12H2,1H3. The molecular formula is C15H23NO. The Morgan fingerprint density at radius 1 is 1.24 bits per heavy atom. The highest BCUT2D eigenvalue weighted by atomic mass is 16.3. The topological polar surface area (TPSA) is 32.3 Å². The van der Waals surface area contributed by atoms with E-state index in [0.29, 0.717) is 5.92 Å². The van der Waals surface area contributed by atoms with Crippen LogP contribution in [0.25, 0.3) is 0 Å². The minimum absolute atomic E-state index is 0.181. The Morgan fingerprint density at radius 2 is 1.88 bits per heavy atom. The second-order valence-corrected chi connectivity index (χ2v) is 5.19. The Hall–Kier alpha value is -0.860. The third-order valence-electron chi connectivity index (χ3n) is 4.33. The van der Waals surface area contributed by atoms with Crippen LogP contribution in [-0.2, 0) is 0 Å². The van der Waals surface area contributed by atoms with Gasteiger partial charge in [-0.1, -0.05) is 30.3 Å². The van der Waals surface area contributed by atoms with E-state index in [1.807, 2.05) is 7.05 Å². The zero-order valence-corrected chi connectivity index (χ0v) is 10.7. The summed E-state index contributed by atoms with van der Waals surface area (Å²) >= 11 is 0. The van der Waals surface area contributed by atoms with Crippen LogP contribution in [0, 0.1) is 0 Å². The maximum absolute atomic E-state index is 9.16. The highest BCUT2D eigenvalue weighted by molar-refractivity contribution is 5.20. The molecule has 94 valence electrons. The number of rotatable bonds is 4. The van der Waals surface area contributed by atoms with Gasteiger partial charge in [-0.05, 0) is 50.6 Å². The van der Waals surface area contributed by atoms with E-state index in [2.05, 4.69) is 35.6 Å². The van der Waals surface area contributed by atoms with Crippen molar-refractivity contribution in [3.8, 4) is 0 Å². The van der Waals surface area contributed by atoms with Crippen molar-refractivity contribution in [2.24, 2.45) is 0 Å². The van der Waals surface area contributed by atoms with Crippen LogP contribution in [0.1, 0.15) is 43.6 Å². The molecule has 2 N–H and O–H groups in total. The molecule has 2 heteroatoms. The number of benzene rings is 1. The second kappa shape index (κ2) is 5.65. The average molecular weight is 233 g/mol. The third kappa shape index (κ3) is 2.88. The number of aliphatic hydroxyl groups excluding tert-OH is 1. The lowest BCUT2D eigenvalue weighted by molar-refractivity contribution is 0.165. The fourth-order valence-corrected chi connectivity index (χ4v) is 3.07. The van der Waals surface area contributed by atoms with E-state index in [9.17, 15) is 0 Å². The molecule has 0 unspecified atom stereocenters. The van der Waals surface area contributed by atoms with Crippen molar-refractivity contribution in [3.63, 3.8) is 0 Å². The van der Waals surface area contributed by atoms with E-state index >= 15 is 0 Å². The van der Waals surface area contributed by atoms with Crippen LogP contribution in [-0.4, -0.2) is 24.3 Å². The first-order valence-electron chi connectivity index (χ1n) is 6.64. The first-order chi connectivity index (χ1) is 8.29. The fraction of sp³-hybridized carbons (Fsp3) is 0.600. The summed E-state index contributed by atoms with van der Waals surface area (Å²) in [6, 6.07) is 10.8. The van der Waals surface area contributed by atoms with Crippen LogP contribution >= 0.6 is 0 Å². The summed E-state index contributed by atoms with van der Waals surface area (Å²) in [5.74, 6) is 0.705. The monoisotopic (exact) mass is 233 g/mol. The minimum Gasteiger partial charge on any atom is -0.396 e. The smallest absolute Gasteiger partial charge is 0.0448 e. The Morgan fingerprint density at radius 3 is 2.41 bits per heavy atom. The van der Waals surface area contributed by atoms with Crippen molar-refractivity contribution < 1.29 is 5.11 Å². The highest BCUT2D eigenvalue weighted by Gasteiger charge is 2.33. The zero-order chi connectivity index (χ0) is 12.1. The van der Waals surface area contributed by atoms with Crippen LogP contribution in [0.5, 0.6) is 0 Å². The van der Waals surface area contributed by atoms with Gasteiger partial charge in [-0.25, -0.2) is 0 Å². The molecular weight excluding hydrogens is 210 g/mol. The lowest BCUT2D eigenvalue weighted by Gasteiger charge is -2.40. The van der Waals surface area contributed by atoms with Gasteiger partial charge in [0.15, 0.2) is 0 Å². The van der Waals surface area contributed by atoms with E-state index in [0.717, 1.165) is 6.42 Å². The minimum atomic E-state index is 0.181. The molecule has 0 spiro atoms. The fourth-order valence-electron chi connectivity index (χ4n) is 3.07. The predicted molar refractivity (Wildman–Crippen MR) is 71.1 cm³/mol. The number of hydrogen-bond acceptors (Lipinski definition) is 2. The normalized spacial score (nSPS) is 29.2. The van der Waals surface area contributed by atoms with Gasteiger partial charge in [-0.2, -0.15) is 0 Å². The molecule has 0 amide bonds. The molecule has 1 aliphatic rings. The zero-order valence-electron chi connectivity index (χ0n) is 10.7. The van der Waals surface area contributed by atoms with Gasteiger partial charge < -0.3 is 10.4 Å². The van der Waals surface area contributed by atoms with E-state index < -0.39 is 0 Å². The molecule has 0 radical (unpaired) electrons. The molecule has 1 fully saturated rings. The number of aliphatic hydroxyl groups is 1. The number of hydrogen-bond donors (Lipinski definition) is 2. The molecule has 1 saturated carbocycles. The summed E-state index contributed by atoms with van der Waals surface area (Å²) in [4.78, 5) is 0. The Bertz CT molecular complexity index is 328. The molecule has 17 heavy (non-hydrogen) atoms. The summed E-state index contributed by atoms with van der Waals surface area (Å²) in [7, 11) is 2.03. The van der Waals surface area contributed by atoms with Gasteiger partial charge in [0.25, 0.3) is 0 Å². The SMILES string of the molecule is CNC1(CCO)CCC(c2ccccc2)CC1. The summed E-state index contributed by atoms with van der Waals surface area (Å²) in [6.45, 7) is 0.289. The van der Waals surface area contributed by atoms with E-state index in [-0.39, 0.29) is 12.1 Å². The van der Waals surface area contributed by atoms with Gasteiger partial charge in [0.2, 0.25) is 0 Å². The molecule has 1 aromatic carbocycles. The van der Waals surface area contributed by atoms with Crippen LogP contribution in [0.4, 0.5) is 0 Å². The van der Waals surface area contributed by atoms with Gasteiger partial charge in [-0.15, -0.1) is 0 Å². The summed E-state index contributed by atoms with van der Waals surface area (Å²) in [6.07, 6.45) is 5.67. The molecule has 1 aromatic rings. The molecule has 0 atom stereocenters. The van der Waals surface area contributed by atoms with Gasteiger partial charge in [-0.3, -0.25) is 0 Å². The maximum Gasteiger partial charge on any atom is 0.0448 e. The molecule has 0 aromatic heterocycles. The van der Waals surface area contributed by atoms with Gasteiger partial charge in [0.05, 0.1) is 0 Å². The van der Waals surface area contributed by atoms with Crippen molar-refractivity contribution >= 4 is 0 Å². The quantitative estimate of drug-likeness (QED) is 0.838. The lowest BCUT2D eigenvalue weighted by atomic mass is 9.73. The Labute approximate surface area is 104 Å².